The first kappa shape index (κ1) is 11.5. The molecule has 0 bridgehead atoms. The molecule has 0 aliphatic carbocycles. The second kappa shape index (κ2) is 4.28. The van der Waals surface area contributed by atoms with Gasteiger partial charge in [0.05, 0.1) is 3.57 Å². The number of aromatic nitrogens is 2. The van der Waals surface area contributed by atoms with Crippen LogP contribution in [0.4, 0.5) is 13.2 Å². The molecule has 0 spiro atoms. The molecule has 0 radical (unpaired) electrons. The Morgan fingerprint density at radius 2 is 2.14 bits per heavy atom. The van der Waals surface area contributed by atoms with Crippen molar-refractivity contribution in [3.63, 3.8) is 0 Å². The van der Waals surface area contributed by atoms with E-state index >= 15 is 0 Å². The van der Waals surface area contributed by atoms with Crippen molar-refractivity contribution in [2.75, 3.05) is 0 Å². The highest BCUT2D eigenvalue weighted by atomic mass is 127. The van der Waals surface area contributed by atoms with Crippen LogP contribution < -0.4 is 4.74 Å². The zero-order valence-corrected chi connectivity index (χ0v) is 9.20. The average Bonchev–Trinajstić information content (AvgIpc) is 2.07. The third kappa shape index (κ3) is 2.96. The Kier molecular flexibility index (Phi) is 3.51. The fraction of sp³-hybridized carbons (Fsp3) is 0.429. The van der Waals surface area contributed by atoms with Gasteiger partial charge in [-0.2, -0.15) is 13.2 Å². The van der Waals surface area contributed by atoms with Crippen molar-refractivity contribution in [3.8, 4) is 5.88 Å². The van der Waals surface area contributed by atoms with Gasteiger partial charge in [-0.25, -0.2) is 9.97 Å². The standard InChI is InChI=1S/C7H6F3IN2O/c1-4(7(8,9)10)14-6-5(11)2-12-3-13-6/h2-4H,1H3. The average molecular weight is 318 g/mol. The molecule has 0 N–H and O–H groups in total. The number of hydrogen-bond donors (Lipinski definition) is 0. The van der Waals surface area contributed by atoms with Crippen molar-refractivity contribution >= 4 is 22.6 Å². The third-order valence-electron chi connectivity index (χ3n) is 1.38. The van der Waals surface area contributed by atoms with Crippen LogP contribution in [0.5, 0.6) is 5.88 Å². The lowest BCUT2D eigenvalue weighted by Crippen LogP contribution is -2.31. The van der Waals surface area contributed by atoms with Crippen LogP contribution in [0, 0.1) is 3.57 Å². The van der Waals surface area contributed by atoms with E-state index in [0.29, 0.717) is 3.57 Å². The van der Waals surface area contributed by atoms with E-state index in [2.05, 4.69) is 14.7 Å². The number of nitrogens with zero attached hydrogens (tertiary/aromatic N) is 2. The normalized spacial score (nSPS) is 13.8. The maximum absolute atomic E-state index is 12.1. The molecule has 0 fully saturated rings. The summed E-state index contributed by atoms with van der Waals surface area (Å²) in [4.78, 5) is 7.23. The van der Waals surface area contributed by atoms with E-state index in [-0.39, 0.29) is 5.88 Å². The van der Waals surface area contributed by atoms with Gasteiger partial charge in [-0.1, -0.05) is 0 Å². The lowest BCUT2D eigenvalue weighted by molar-refractivity contribution is -0.190. The van der Waals surface area contributed by atoms with E-state index in [0.717, 1.165) is 13.3 Å². The molecule has 78 valence electrons. The second-order valence-electron chi connectivity index (χ2n) is 2.48. The van der Waals surface area contributed by atoms with Crippen LogP contribution in [0.1, 0.15) is 6.92 Å². The molecule has 0 aromatic carbocycles. The molecule has 0 saturated heterocycles. The van der Waals surface area contributed by atoms with E-state index in [4.69, 9.17) is 0 Å². The van der Waals surface area contributed by atoms with Crippen molar-refractivity contribution in [2.45, 2.75) is 19.2 Å². The largest absolute Gasteiger partial charge is 0.464 e. The summed E-state index contributed by atoms with van der Waals surface area (Å²) in [6, 6.07) is 0. The van der Waals surface area contributed by atoms with Crippen LogP contribution in [0.3, 0.4) is 0 Å². The third-order valence-corrected chi connectivity index (χ3v) is 2.12. The molecular weight excluding hydrogens is 312 g/mol. The first-order valence-electron chi connectivity index (χ1n) is 3.60. The van der Waals surface area contributed by atoms with Crippen LogP contribution >= 0.6 is 22.6 Å². The number of halogens is 4. The minimum absolute atomic E-state index is 0.0505. The lowest BCUT2D eigenvalue weighted by atomic mass is 10.4. The zero-order chi connectivity index (χ0) is 10.8. The van der Waals surface area contributed by atoms with E-state index < -0.39 is 12.3 Å². The molecule has 0 saturated carbocycles. The van der Waals surface area contributed by atoms with Crippen LogP contribution in [-0.2, 0) is 0 Å². The highest BCUT2D eigenvalue weighted by Gasteiger charge is 2.38. The van der Waals surface area contributed by atoms with Gasteiger partial charge in [0.15, 0.2) is 6.10 Å². The van der Waals surface area contributed by atoms with Gasteiger partial charge in [0.1, 0.15) is 6.33 Å². The first-order chi connectivity index (χ1) is 6.41. The zero-order valence-electron chi connectivity index (χ0n) is 7.05. The Labute approximate surface area is 91.8 Å². The molecule has 1 rings (SSSR count). The minimum atomic E-state index is -4.38. The number of alkyl halides is 3. The highest BCUT2D eigenvalue weighted by molar-refractivity contribution is 14.1. The summed E-state index contributed by atoms with van der Waals surface area (Å²) < 4.78 is 41.4. The highest BCUT2D eigenvalue weighted by Crippen LogP contribution is 2.25. The van der Waals surface area contributed by atoms with E-state index in [1.54, 1.807) is 22.6 Å². The van der Waals surface area contributed by atoms with Crippen molar-refractivity contribution in [3.05, 3.63) is 16.1 Å². The molecule has 1 atom stereocenters. The van der Waals surface area contributed by atoms with Crippen LogP contribution in [0.2, 0.25) is 0 Å². The molecule has 1 heterocycles. The molecule has 7 heteroatoms. The number of hydrogen-bond acceptors (Lipinski definition) is 3. The molecule has 0 aliphatic heterocycles. The molecule has 3 nitrogen and oxygen atoms in total. The van der Waals surface area contributed by atoms with Crippen molar-refractivity contribution in [2.24, 2.45) is 0 Å². The summed E-state index contributed by atoms with van der Waals surface area (Å²) in [6.07, 6.45) is -3.73. The summed E-state index contributed by atoms with van der Waals surface area (Å²) >= 11 is 1.80. The summed E-state index contributed by atoms with van der Waals surface area (Å²) in [5, 5.41) is 0. The second-order valence-corrected chi connectivity index (χ2v) is 3.64. The van der Waals surface area contributed by atoms with E-state index in [9.17, 15) is 13.2 Å². The summed E-state index contributed by atoms with van der Waals surface area (Å²) in [5.74, 6) is -0.0505. The molecule has 1 aromatic rings. The molecule has 1 unspecified atom stereocenters. The van der Waals surface area contributed by atoms with E-state index in [1.807, 2.05) is 0 Å². The van der Waals surface area contributed by atoms with Gasteiger partial charge in [0.2, 0.25) is 5.88 Å². The SMILES string of the molecule is CC(Oc1ncncc1I)C(F)(F)F. The van der Waals surface area contributed by atoms with Gasteiger partial charge in [-0.15, -0.1) is 0 Å². The maximum atomic E-state index is 12.1. The Hall–Kier alpha value is -0.600. The van der Waals surface area contributed by atoms with Crippen molar-refractivity contribution in [1.29, 1.82) is 0 Å². The first-order valence-corrected chi connectivity index (χ1v) is 4.68. The maximum Gasteiger partial charge on any atom is 0.425 e. The van der Waals surface area contributed by atoms with Gasteiger partial charge < -0.3 is 4.74 Å². The van der Waals surface area contributed by atoms with Gasteiger partial charge in [0, 0.05) is 6.20 Å². The van der Waals surface area contributed by atoms with Gasteiger partial charge >= 0.3 is 6.18 Å². The number of rotatable bonds is 2. The van der Waals surface area contributed by atoms with Gasteiger partial charge in [0.25, 0.3) is 0 Å². The fourth-order valence-corrected chi connectivity index (χ4v) is 1.05. The molecule has 0 amide bonds. The lowest BCUT2D eigenvalue weighted by Gasteiger charge is -2.17. The van der Waals surface area contributed by atoms with Crippen LogP contribution in [0.15, 0.2) is 12.5 Å². The van der Waals surface area contributed by atoms with Crippen LogP contribution in [-0.4, -0.2) is 22.2 Å². The van der Waals surface area contributed by atoms with E-state index in [1.165, 1.54) is 6.20 Å². The Bertz CT molecular complexity index is 318. The van der Waals surface area contributed by atoms with Gasteiger partial charge in [-0.05, 0) is 29.5 Å². The smallest absolute Gasteiger partial charge is 0.425 e. The quantitative estimate of drug-likeness (QED) is 0.786. The summed E-state index contributed by atoms with van der Waals surface area (Å²) in [6.45, 7) is 0.929. The van der Waals surface area contributed by atoms with Crippen molar-refractivity contribution in [1.82, 2.24) is 9.97 Å². The predicted octanol–water partition coefficient (Wildman–Crippen LogP) is 2.41. The Balaban J connectivity index is 2.75. The molecule has 1 aromatic heterocycles. The summed E-state index contributed by atoms with van der Waals surface area (Å²) in [7, 11) is 0. The minimum Gasteiger partial charge on any atom is -0.464 e. The van der Waals surface area contributed by atoms with Gasteiger partial charge in [-0.3, -0.25) is 0 Å². The predicted molar refractivity (Wildman–Crippen MR) is 50.9 cm³/mol. The molecule has 0 aliphatic rings. The Morgan fingerprint density at radius 1 is 1.50 bits per heavy atom. The number of ether oxygens (including phenoxy) is 1. The Morgan fingerprint density at radius 3 is 2.64 bits per heavy atom. The summed E-state index contributed by atoms with van der Waals surface area (Å²) in [5.41, 5.74) is 0. The fourth-order valence-electron chi connectivity index (χ4n) is 0.622. The van der Waals surface area contributed by atoms with Crippen LogP contribution in [0.25, 0.3) is 0 Å². The topological polar surface area (TPSA) is 35.0 Å². The molecule has 14 heavy (non-hydrogen) atoms. The molecular formula is C7H6F3IN2O. The van der Waals surface area contributed by atoms with Crippen molar-refractivity contribution < 1.29 is 17.9 Å². The monoisotopic (exact) mass is 318 g/mol.